The lowest BCUT2D eigenvalue weighted by Gasteiger charge is -2.38. The lowest BCUT2D eigenvalue weighted by atomic mass is 9.76. The highest BCUT2D eigenvalue weighted by Crippen LogP contribution is 2.52. The summed E-state index contributed by atoms with van der Waals surface area (Å²) in [6.07, 6.45) is 5.41. The van der Waals surface area contributed by atoms with Gasteiger partial charge in [-0.1, -0.05) is 40.2 Å². The molecule has 4 rings (SSSR count). The van der Waals surface area contributed by atoms with Crippen LogP contribution in [0, 0.1) is 5.92 Å². The van der Waals surface area contributed by atoms with Crippen LogP contribution in [-0.2, 0) is 0 Å². The second-order valence-electron chi connectivity index (χ2n) is 6.26. The first-order valence-corrected chi connectivity index (χ1v) is 9.38. The molecule has 0 radical (unpaired) electrons. The van der Waals surface area contributed by atoms with Crippen LogP contribution in [0.3, 0.4) is 0 Å². The quantitative estimate of drug-likeness (QED) is 0.576. The average Bonchev–Trinajstić information content (AvgIpc) is 3.04. The molecule has 2 N–H and O–H groups in total. The van der Waals surface area contributed by atoms with E-state index in [0.717, 1.165) is 26.6 Å². The predicted molar refractivity (Wildman–Crippen MR) is 102 cm³/mol. The number of carbonyl (C=O) groups is 1. The van der Waals surface area contributed by atoms with Gasteiger partial charge in [0.15, 0.2) is 0 Å². The largest absolute Gasteiger partial charge is 0.478 e. The zero-order valence-electron chi connectivity index (χ0n) is 12.7. The number of hydrogen-bond acceptors (Lipinski definition) is 2. The van der Waals surface area contributed by atoms with Crippen LogP contribution in [-0.4, -0.2) is 11.1 Å². The Morgan fingerprint density at radius 3 is 2.79 bits per heavy atom. The maximum Gasteiger partial charge on any atom is 0.335 e. The van der Waals surface area contributed by atoms with Gasteiger partial charge in [0.05, 0.1) is 17.3 Å². The highest BCUT2D eigenvalue weighted by atomic mass is 79.9. The van der Waals surface area contributed by atoms with E-state index in [9.17, 15) is 9.90 Å². The molecule has 0 fully saturated rings. The summed E-state index contributed by atoms with van der Waals surface area (Å²) in [5, 5.41) is 13.0. The normalized spacial score (nSPS) is 24.2. The van der Waals surface area contributed by atoms with E-state index >= 15 is 0 Å². The van der Waals surface area contributed by atoms with Crippen molar-refractivity contribution in [3.8, 4) is 0 Å². The summed E-state index contributed by atoms with van der Waals surface area (Å²) in [7, 11) is 0. The zero-order chi connectivity index (χ0) is 16.8. The second kappa shape index (κ2) is 6.05. The van der Waals surface area contributed by atoms with E-state index in [1.54, 1.807) is 12.1 Å². The fourth-order valence-electron chi connectivity index (χ4n) is 3.81. The molecule has 0 saturated heterocycles. The molecule has 2 aromatic carbocycles. The first-order chi connectivity index (χ1) is 11.5. The Labute approximate surface area is 157 Å². The Bertz CT molecular complexity index is 862. The molecule has 5 heteroatoms. The number of carboxylic acid groups (broad SMARTS) is 1. The van der Waals surface area contributed by atoms with Crippen molar-refractivity contribution < 1.29 is 9.90 Å². The first-order valence-electron chi connectivity index (χ1n) is 7.80. The van der Waals surface area contributed by atoms with Crippen LogP contribution < -0.4 is 5.32 Å². The van der Waals surface area contributed by atoms with Crippen molar-refractivity contribution in [2.45, 2.75) is 18.4 Å². The molecule has 2 aliphatic rings. The van der Waals surface area contributed by atoms with Gasteiger partial charge in [0.2, 0.25) is 0 Å². The molecular weight excluding hydrogens is 434 g/mol. The van der Waals surface area contributed by atoms with E-state index < -0.39 is 5.97 Å². The minimum absolute atomic E-state index is 0.196. The molecule has 1 heterocycles. The molecule has 1 aliphatic carbocycles. The van der Waals surface area contributed by atoms with E-state index in [1.807, 2.05) is 6.07 Å². The summed E-state index contributed by atoms with van der Waals surface area (Å²) < 4.78 is 1.87. The Kier molecular flexibility index (Phi) is 4.01. The molecule has 0 bridgehead atoms. The number of allylic oxidation sites excluding steroid dienone is 2. The summed E-state index contributed by atoms with van der Waals surface area (Å²) in [5.41, 5.74) is 3.62. The van der Waals surface area contributed by atoms with Gasteiger partial charge < -0.3 is 10.4 Å². The summed E-state index contributed by atoms with van der Waals surface area (Å²) in [5.74, 6) is -0.269. The van der Waals surface area contributed by atoms with Crippen molar-refractivity contribution in [1.29, 1.82) is 0 Å². The van der Waals surface area contributed by atoms with Gasteiger partial charge in [0.1, 0.15) is 0 Å². The van der Waals surface area contributed by atoms with Crippen molar-refractivity contribution in [3.63, 3.8) is 0 Å². The average molecular weight is 449 g/mol. The van der Waals surface area contributed by atoms with Crippen molar-refractivity contribution in [2.24, 2.45) is 5.92 Å². The number of nitrogens with one attached hydrogen (secondary N) is 1. The molecular formula is C19H15Br2NO2. The molecule has 24 heavy (non-hydrogen) atoms. The van der Waals surface area contributed by atoms with Crippen LogP contribution in [0.4, 0.5) is 5.69 Å². The smallest absolute Gasteiger partial charge is 0.335 e. The Morgan fingerprint density at radius 1 is 1.21 bits per heavy atom. The molecule has 0 saturated carbocycles. The Morgan fingerprint density at radius 2 is 2.04 bits per heavy atom. The molecule has 1 aliphatic heterocycles. The number of anilines is 1. The van der Waals surface area contributed by atoms with Crippen molar-refractivity contribution >= 4 is 43.5 Å². The van der Waals surface area contributed by atoms with Crippen LogP contribution in [0.5, 0.6) is 0 Å². The Balaban J connectivity index is 1.83. The lowest BCUT2D eigenvalue weighted by molar-refractivity contribution is 0.0696. The number of rotatable bonds is 2. The van der Waals surface area contributed by atoms with E-state index in [-0.39, 0.29) is 12.0 Å². The van der Waals surface area contributed by atoms with Crippen molar-refractivity contribution in [1.82, 2.24) is 0 Å². The van der Waals surface area contributed by atoms with Crippen molar-refractivity contribution in [3.05, 3.63) is 74.2 Å². The van der Waals surface area contributed by atoms with Gasteiger partial charge in [0, 0.05) is 14.9 Å². The van der Waals surface area contributed by atoms with Gasteiger partial charge in [-0.15, -0.1) is 0 Å². The van der Waals surface area contributed by atoms with E-state index in [2.05, 4.69) is 67.5 Å². The van der Waals surface area contributed by atoms with Crippen LogP contribution in [0.25, 0.3) is 0 Å². The number of fused-ring (bicyclic) bond motifs is 3. The van der Waals surface area contributed by atoms with Gasteiger partial charge in [-0.25, -0.2) is 4.79 Å². The fourth-order valence-corrected chi connectivity index (χ4v) is 4.82. The molecule has 0 spiro atoms. The topological polar surface area (TPSA) is 49.3 Å². The Hall–Kier alpha value is -1.59. The SMILES string of the molecule is O=C(O)c1cc(Br)c2c(c1)[C@H]1C=CC[C@H]1[C@H](c1cccc(Br)c1)N2. The fraction of sp³-hybridized carbons (Fsp3) is 0.211. The van der Waals surface area contributed by atoms with E-state index in [4.69, 9.17) is 0 Å². The highest BCUT2D eigenvalue weighted by Gasteiger charge is 2.39. The third-order valence-corrected chi connectivity index (χ3v) is 5.99. The molecule has 0 aromatic heterocycles. The van der Waals surface area contributed by atoms with Crippen LogP contribution in [0.1, 0.15) is 39.9 Å². The third kappa shape index (κ3) is 2.60. The molecule has 122 valence electrons. The monoisotopic (exact) mass is 447 g/mol. The van der Waals surface area contributed by atoms with Crippen LogP contribution >= 0.6 is 31.9 Å². The number of benzene rings is 2. The predicted octanol–water partition coefficient (Wildman–Crippen LogP) is 5.74. The first kappa shape index (κ1) is 15.9. The minimum atomic E-state index is -0.897. The molecule has 0 unspecified atom stereocenters. The standard InChI is InChI=1S/C19H15Br2NO2/c20-12-4-1-3-10(7-12)17-14-6-2-5-13(14)15-8-11(19(23)24)9-16(21)18(15)22-17/h1-5,7-9,13-14,17,22H,6H2,(H,23,24)/t13-,14+,17-/m0/s1. The number of hydrogen-bond donors (Lipinski definition) is 2. The number of halogens is 2. The minimum Gasteiger partial charge on any atom is -0.478 e. The van der Waals surface area contributed by atoms with Gasteiger partial charge in [0.25, 0.3) is 0 Å². The maximum atomic E-state index is 11.4. The molecule has 3 nitrogen and oxygen atoms in total. The molecule has 2 aromatic rings. The molecule has 0 amide bonds. The van der Waals surface area contributed by atoms with Crippen molar-refractivity contribution in [2.75, 3.05) is 5.32 Å². The van der Waals surface area contributed by atoms with Gasteiger partial charge >= 0.3 is 5.97 Å². The maximum absolute atomic E-state index is 11.4. The van der Waals surface area contributed by atoms with Gasteiger partial charge in [-0.3, -0.25) is 0 Å². The third-order valence-electron chi connectivity index (χ3n) is 4.88. The number of aromatic carboxylic acids is 1. The van der Waals surface area contributed by atoms with Crippen LogP contribution in [0.2, 0.25) is 0 Å². The van der Waals surface area contributed by atoms with Gasteiger partial charge in [-0.2, -0.15) is 0 Å². The summed E-state index contributed by atoms with van der Waals surface area (Å²) >= 11 is 7.11. The molecule has 3 atom stereocenters. The highest BCUT2D eigenvalue weighted by molar-refractivity contribution is 9.10. The lowest BCUT2D eigenvalue weighted by Crippen LogP contribution is -2.29. The van der Waals surface area contributed by atoms with E-state index in [0.29, 0.717) is 11.5 Å². The van der Waals surface area contributed by atoms with E-state index in [1.165, 1.54) is 5.56 Å². The summed E-state index contributed by atoms with van der Waals surface area (Å²) in [6.45, 7) is 0. The summed E-state index contributed by atoms with van der Waals surface area (Å²) in [6, 6.07) is 12.0. The van der Waals surface area contributed by atoms with Gasteiger partial charge in [-0.05, 0) is 63.7 Å². The second-order valence-corrected chi connectivity index (χ2v) is 8.03. The van der Waals surface area contributed by atoms with Crippen LogP contribution in [0.15, 0.2) is 57.5 Å². The summed E-state index contributed by atoms with van der Waals surface area (Å²) in [4.78, 5) is 11.4. The zero-order valence-corrected chi connectivity index (χ0v) is 15.8. The number of carboxylic acids is 1.